The summed E-state index contributed by atoms with van der Waals surface area (Å²) in [5, 5.41) is 12.8. The minimum Gasteiger partial charge on any atom is -0.508 e. The molecular formula is C13H19NO. The van der Waals surface area contributed by atoms with Crippen molar-refractivity contribution in [1.29, 1.82) is 0 Å². The van der Waals surface area contributed by atoms with Crippen molar-refractivity contribution >= 4 is 0 Å². The van der Waals surface area contributed by atoms with Crippen LogP contribution in [0.3, 0.4) is 0 Å². The molecule has 0 amide bonds. The van der Waals surface area contributed by atoms with Crippen LogP contribution in [-0.2, 0) is 6.42 Å². The van der Waals surface area contributed by atoms with E-state index in [0.29, 0.717) is 11.7 Å². The monoisotopic (exact) mass is 205 g/mol. The molecule has 1 aromatic carbocycles. The number of phenolic OH excluding ortho intramolecular Hbond substituents is 1. The summed E-state index contributed by atoms with van der Waals surface area (Å²) < 4.78 is 0. The molecule has 0 bridgehead atoms. The molecule has 1 aliphatic carbocycles. The van der Waals surface area contributed by atoms with Crippen molar-refractivity contribution in [1.82, 2.24) is 5.32 Å². The summed E-state index contributed by atoms with van der Waals surface area (Å²) in [6.07, 6.45) is 2.26. The number of aryl methyl sites for hydroxylation is 1. The zero-order valence-corrected chi connectivity index (χ0v) is 9.67. The summed E-state index contributed by atoms with van der Waals surface area (Å²) >= 11 is 0. The lowest BCUT2D eigenvalue weighted by Crippen LogP contribution is -2.41. The molecule has 1 atom stereocenters. The zero-order valence-electron chi connectivity index (χ0n) is 9.67. The summed E-state index contributed by atoms with van der Waals surface area (Å²) in [4.78, 5) is 0. The first-order valence-corrected chi connectivity index (χ1v) is 5.55. The first-order valence-electron chi connectivity index (χ1n) is 5.55. The van der Waals surface area contributed by atoms with E-state index < -0.39 is 0 Å². The molecule has 2 heteroatoms. The van der Waals surface area contributed by atoms with Crippen LogP contribution in [0.2, 0.25) is 0 Å². The fraction of sp³-hybridized carbons (Fsp3) is 0.538. The lowest BCUT2D eigenvalue weighted by molar-refractivity contribution is 0.341. The van der Waals surface area contributed by atoms with Gasteiger partial charge in [0.15, 0.2) is 0 Å². The van der Waals surface area contributed by atoms with Gasteiger partial charge in [0.25, 0.3) is 0 Å². The third-order valence-electron chi connectivity index (χ3n) is 3.72. The normalized spacial score (nSPS) is 20.3. The molecule has 1 unspecified atom stereocenters. The number of hydrogen-bond donors (Lipinski definition) is 2. The predicted octanol–water partition coefficient (Wildman–Crippen LogP) is 2.42. The second-order valence-electron chi connectivity index (χ2n) is 4.95. The summed E-state index contributed by atoms with van der Waals surface area (Å²) in [7, 11) is 2.01. The smallest absolute Gasteiger partial charge is 0.115 e. The van der Waals surface area contributed by atoms with Gasteiger partial charge >= 0.3 is 0 Å². The number of rotatable bonds is 2. The molecule has 2 rings (SSSR count). The molecule has 1 aliphatic rings. The molecule has 0 spiro atoms. The minimum absolute atomic E-state index is 0.127. The van der Waals surface area contributed by atoms with E-state index >= 15 is 0 Å². The number of phenols is 1. The van der Waals surface area contributed by atoms with Crippen molar-refractivity contribution in [3.63, 3.8) is 0 Å². The summed E-state index contributed by atoms with van der Waals surface area (Å²) in [5.41, 5.74) is 2.83. The Morgan fingerprint density at radius 2 is 2.13 bits per heavy atom. The highest BCUT2D eigenvalue weighted by Crippen LogP contribution is 2.41. The predicted molar refractivity (Wildman–Crippen MR) is 62.3 cm³/mol. The fourth-order valence-electron chi connectivity index (χ4n) is 2.53. The maximum atomic E-state index is 9.43. The summed E-state index contributed by atoms with van der Waals surface area (Å²) in [6, 6.07) is 5.77. The molecule has 2 N–H and O–H groups in total. The van der Waals surface area contributed by atoms with Gasteiger partial charge < -0.3 is 10.4 Å². The van der Waals surface area contributed by atoms with Crippen molar-refractivity contribution in [3.05, 3.63) is 29.3 Å². The number of benzene rings is 1. The molecule has 0 aromatic heterocycles. The summed E-state index contributed by atoms with van der Waals surface area (Å²) in [6.45, 7) is 4.47. The molecule has 82 valence electrons. The Morgan fingerprint density at radius 1 is 1.40 bits per heavy atom. The fourth-order valence-corrected chi connectivity index (χ4v) is 2.53. The van der Waals surface area contributed by atoms with Crippen molar-refractivity contribution in [2.45, 2.75) is 38.1 Å². The van der Waals surface area contributed by atoms with Crippen LogP contribution in [0.25, 0.3) is 0 Å². The van der Waals surface area contributed by atoms with E-state index in [2.05, 4.69) is 25.2 Å². The second-order valence-corrected chi connectivity index (χ2v) is 4.95. The molecule has 15 heavy (non-hydrogen) atoms. The molecule has 0 saturated heterocycles. The molecule has 0 heterocycles. The topological polar surface area (TPSA) is 32.3 Å². The van der Waals surface area contributed by atoms with Crippen molar-refractivity contribution < 1.29 is 5.11 Å². The van der Waals surface area contributed by atoms with Gasteiger partial charge in [0, 0.05) is 11.5 Å². The highest BCUT2D eigenvalue weighted by atomic mass is 16.3. The molecule has 0 fully saturated rings. The number of likely N-dealkylation sites (N-methyl/N-ethyl adjacent to an activating group) is 1. The van der Waals surface area contributed by atoms with Crippen LogP contribution >= 0.6 is 0 Å². The van der Waals surface area contributed by atoms with Gasteiger partial charge in [-0.15, -0.1) is 0 Å². The van der Waals surface area contributed by atoms with Crippen molar-refractivity contribution in [3.8, 4) is 5.75 Å². The van der Waals surface area contributed by atoms with E-state index in [-0.39, 0.29) is 5.54 Å². The van der Waals surface area contributed by atoms with Crippen LogP contribution in [0.1, 0.15) is 37.3 Å². The maximum Gasteiger partial charge on any atom is 0.115 e. The van der Waals surface area contributed by atoms with Crippen LogP contribution in [0.4, 0.5) is 0 Å². The largest absolute Gasteiger partial charge is 0.508 e. The molecule has 1 aromatic rings. The van der Waals surface area contributed by atoms with Crippen molar-refractivity contribution in [2.75, 3.05) is 7.05 Å². The molecule has 0 radical (unpaired) electrons. The average Bonchev–Trinajstić information content (AvgIpc) is 2.61. The lowest BCUT2D eigenvalue weighted by atomic mass is 9.83. The summed E-state index contributed by atoms with van der Waals surface area (Å²) in [5.74, 6) is 0.940. The van der Waals surface area contributed by atoms with Gasteiger partial charge in [-0.1, -0.05) is 6.07 Å². The van der Waals surface area contributed by atoms with Gasteiger partial charge in [-0.3, -0.25) is 0 Å². The Hall–Kier alpha value is -1.02. The highest BCUT2D eigenvalue weighted by molar-refractivity contribution is 5.41. The molecule has 0 saturated carbocycles. The van der Waals surface area contributed by atoms with Crippen LogP contribution in [0, 0.1) is 0 Å². The molecule has 0 aliphatic heterocycles. The van der Waals surface area contributed by atoms with Gasteiger partial charge in [-0.25, -0.2) is 0 Å². The molecular weight excluding hydrogens is 186 g/mol. The third kappa shape index (κ3) is 1.74. The first-order chi connectivity index (χ1) is 7.04. The van der Waals surface area contributed by atoms with Crippen LogP contribution in [0.5, 0.6) is 5.75 Å². The van der Waals surface area contributed by atoms with Gasteiger partial charge in [-0.2, -0.15) is 0 Å². The Bertz CT molecular complexity index is 371. The van der Waals surface area contributed by atoms with Gasteiger partial charge in [0.05, 0.1) is 0 Å². The minimum atomic E-state index is 0.127. The standard InChI is InChI=1S/C13H19NO/c1-13(2,14-3)12-7-4-9-8-10(15)5-6-11(9)12/h5-6,8,12,14-15H,4,7H2,1-3H3. The van der Waals surface area contributed by atoms with E-state index in [4.69, 9.17) is 0 Å². The lowest BCUT2D eigenvalue weighted by Gasteiger charge is -2.32. The van der Waals surface area contributed by atoms with Crippen molar-refractivity contribution in [2.24, 2.45) is 0 Å². The average molecular weight is 205 g/mol. The van der Waals surface area contributed by atoms with Crippen LogP contribution in [0.15, 0.2) is 18.2 Å². The maximum absolute atomic E-state index is 9.43. The first kappa shape index (κ1) is 10.5. The van der Waals surface area contributed by atoms with Crippen LogP contribution in [-0.4, -0.2) is 17.7 Å². The molecule has 2 nitrogen and oxygen atoms in total. The number of fused-ring (bicyclic) bond motifs is 1. The second kappa shape index (κ2) is 3.53. The SMILES string of the molecule is CNC(C)(C)C1CCc2cc(O)ccc21. The third-order valence-corrected chi connectivity index (χ3v) is 3.72. The Balaban J connectivity index is 2.37. The Labute approximate surface area is 91.3 Å². The van der Waals surface area contributed by atoms with E-state index in [0.717, 1.165) is 6.42 Å². The van der Waals surface area contributed by atoms with Gasteiger partial charge in [-0.05, 0) is 57.0 Å². The van der Waals surface area contributed by atoms with E-state index in [1.807, 2.05) is 13.1 Å². The van der Waals surface area contributed by atoms with Gasteiger partial charge in [0.1, 0.15) is 5.75 Å². The van der Waals surface area contributed by atoms with E-state index in [1.54, 1.807) is 6.07 Å². The number of aromatic hydroxyl groups is 1. The Morgan fingerprint density at radius 3 is 2.80 bits per heavy atom. The Kier molecular flexibility index (Phi) is 2.47. The zero-order chi connectivity index (χ0) is 11.1. The number of nitrogens with one attached hydrogen (secondary N) is 1. The van der Waals surface area contributed by atoms with E-state index in [9.17, 15) is 5.11 Å². The van der Waals surface area contributed by atoms with Crippen LogP contribution < -0.4 is 5.32 Å². The highest BCUT2D eigenvalue weighted by Gasteiger charge is 2.34. The quantitative estimate of drug-likeness (QED) is 0.777. The number of hydrogen-bond acceptors (Lipinski definition) is 2. The van der Waals surface area contributed by atoms with Gasteiger partial charge in [0.2, 0.25) is 0 Å². The van der Waals surface area contributed by atoms with E-state index in [1.165, 1.54) is 17.5 Å².